The van der Waals surface area contributed by atoms with Crippen molar-refractivity contribution in [1.82, 2.24) is 24.8 Å². The van der Waals surface area contributed by atoms with E-state index < -0.39 is 0 Å². The molecule has 5 heterocycles. The van der Waals surface area contributed by atoms with Crippen molar-refractivity contribution in [3.63, 3.8) is 0 Å². The summed E-state index contributed by atoms with van der Waals surface area (Å²) in [4.78, 5) is 46.8. The topological polar surface area (TPSA) is 116 Å². The molecule has 57 heavy (non-hydrogen) atoms. The van der Waals surface area contributed by atoms with Crippen LogP contribution in [0.25, 0.3) is 11.3 Å². The SMILES string of the molecule is COc1ccc(CN(Cc2ccc(OC)cc2)c2ncc(-c3nc(N4CCOCC4)nc4c3CCN4C(=O)N(C)c3ccc(N4CCN(C)CC4)cc3)cn2)cc1. The first-order valence-electron chi connectivity index (χ1n) is 19.5. The van der Waals surface area contributed by atoms with Crippen molar-refractivity contribution >= 4 is 35.1 Å². The lowest BCUT2D eigenvalue weighted by atomic mass is 10.1. The summed E-state index contributed by atoms with van der Waals surface area (Å²) in [6.45, 7) is 8.20. The molecule has 14 nitrogen and oxygen atoms in total. The molecule has 0 atom stereocenters. The lowest BCUT2D eigenvalue weighted by Gasteiger charge is -2.34. The zero-order valence-electron chi connectivity index (χ0n) is 33.2. The fraction of sp³-hybridized carbons (Fsp3) is 0.372. The predicted octanol–water partition coefficient (Wildman–Crippen LogP) is 5.36. The van der Waals surface area contributed by atoms with Gasteiger partial charge < -0.3 is 33.8 Å². The average Bonchev–Trinajstić information content (AvgIpc) is 3.71. The molecule has 0 radical (unpaired) electrons. The van der Waals surface area contributed by atoms with Gasteiger partial charge >= 0.3 is 6.03 Å². The van der Waals surface area contributed by atoms with E-state index >= 15 is 0 Å². The number of rotatable bonds is 11. The number of ether oxygens (including phenoxy) is 3. The monoisotopic (exact) mass is 770 g/mol. The van der Waals surface area contributed by atoms with Crippen molar-refractivity contribution in [2.24, 2.45) is 0 Å². The Labute approximate surface area is 334 Å². The van der Waals surface area contributed by atoms with Crippen LogP contribution in [0, 0.1) is 0 Å². The Morgan fingerprint density at radius 2 is 1.33 bits per heavy atom. The van der Waals surface area contributed by atoms with Gasteiger partial charge in [-0.25, -0.2) is 19.7 Å². The second-order valence-corrected chi connectivity index (χ2v) is 14.6. The van der Waals surface area contributed by atoms with Gasteiger partial charge in [0.1, 0.15) is 17.3 Å². The summed E-state index contributed by atoms with van der Waals surface area (Å²) < 4.78 is 16.4. The number of methoxy groups -OCH3 is 2. The van der Waals surface area contributed by atoms with Crippen molar-refractivity contribution < 1.29 is 19.0 Å². The highest BCUT2D eigenvalue weighted by Crippen LogP contribution is 2.37. The van der Waals surface area contributed by atoms with E-state index in [-0.39, 0.29) is 6.03 Å². The fourth-order valence-electron chi connectivity index (χ4n) is 7.52. The van der Waals surface area contributed by atoms with E-state index in [1.54, 1.807) is 24.0 Å². The summed E-state index contributed by atoms with van der Waals surface area (Å²) in [7, 11) is 7.32. The number of benzene rings is 3. The quantitative estimate of drug-likeness (QED) is 0.172. The molecule has 0 spiro atoms. The Kier molecular flexibility index (Phi) is 11.3. The Morgan fingerprint density at radius 1 is 0.737 bits per heavy atom. The Balaban J connectivity index is 1.08. The van der Waals surface area contributed by atoms with Gasteiger partial charge in [0, 0.05) is 101 Å². The maximum Gasteiger partial charge on any atom is 0.329 e. The molecule has 0 saturated carbocycles. The van der Waals surface area contributed by atoms with Gasteiger partial charge in [-0.05, 0) is 73.1 Å². The second-order valence-electron chi connectivity index (χ2n) is 14.6. The number of hydrogen-bond donors (Lipinski definition) is 0. The smallest absolute Gasteiger partial charge is 0.329 e. The van der Waals surface area contributed by atoms with Crippen LogP contribution >= 0.6 is 0 Å². The van der Waals surface area contributed by atoms with E-state index in [9.17, 15) is 4.79 Å². The molecule has 2 saturated heterocycles. The lowest BCUT2D eigenvalue weighted by molar-refractivity contribution is 0.122. The molecule has 3 aliphatic heterocycles. The highest BCUT2D eigenvalue weighted by atomic mass is 16.5. The van der Waals surface area contributed by atoms with Gasteiger partial charge in [0.2, 0.25) is 11.9 Å². The third-order valence-corrected chi connectivity index (χ3v) is 11.0. The zero-order chi connectivity index (χ0) is 39.3. The summed E-state index contributed by atoms with van der Waals surface area (Å²) in [6, 6.07) is 24.2. The van der Waals surface area contributed by atoms with Gasteiger partial charge in [0.05, 0.1) is 33.1 Å². The number of amides is 2. The van der Waals surface area contributed by atoms with Gasteiger partial charge in [0.25, 0.3) is 0 Å². The third kappa shape index (κ3) is 8.42. The molecule has 2 aromatic heterocycles. The van der Waals surface area contributed by atoms with Crippen molar-refractivity contribution in [3.05, 3.63) is 102 Å². The number of piperazine rings is 1. The van der Waals surface area contributed by atoms with Gasteiger partial charge in [-0.15, -0.1) is 0 Å². The Hall–Kier alpha value is -5.99. The largest absolute Gasteiger partial charge is 0.497 e. The number of nitrogens with zero attached hydrogens (tertiary/aromatic N) is 10. The van der Waals surface area contributed by atoms with Gasteiger partial charge in [0.15, 0.2) is 0 Å². The Morgan fingerprint density at radius 3 is 1.91 bits per heavy atom. The molecule has 2 amide bonds. The Bertz CT molecular complexity index is 2070. The van der Waals surface area contributed by atoms with Crippen LogP contribution in [0.1, 0.15) is 16.7 Å². The minimum atomic E-state index is -0.141. The summed E-state index contributed by atoms with van der Waals surface area (Å²) in [5.41, 5.74) is 6.60. The average molecular weight is 771 g/mol. The van der Waals surface area contributed by atoms with Crippen LogP contribution in [0.15, 0.2) is 85.2 Å². The summed E-state index contributed by atoms with van der Waals surface area (Å²) in [5, 5.41) is 0. The summed E-state index contributed by atoms with van der Waals surface area (Å²) in [5.74, 6) is 3.38. The van der Waals surface area contributed by atoms with Crippen LogP contribution in [0.2, 0.25) is 0 Å². The van der Waals surface area contributed by atoms with Crippen molar-refractivity contribution in [2.75, 3.05) is 112 Å². The number of urea groups is 1. The lowest BCUT2D eigenvalue weighted by Crippen LogP contribution is -2.44. The molecule has 5 aromatic rings. The number of aromatic nitrogens is 4. The molecule has 8 rings (SSSR count). The second kappa shape index (κ2) is 17.0. The first kappa shape index (κ1) is 37.9. The molecular formula is C43H50N10O4. The van der Waals surface area contributed by atoms with Crippen molar-refractivity contribution in [1.29, 1.82) is 0 Å². The maximum absolute atomic E-state index is 14.3. The molecule has 2 fully saturated rings. The molecule has 0 aliphatic carbocycles. The third-order valence-electron chi connectivity index (χ3n) is 11.0. The van der Waals surface area contributed by atoms with E-state index in [0.29, 0.717) is 70.1 Å². The molecular weight excluding hydrogens is 721 g/mol. The van der Waals surface area contributed by atoms with E-state index in [2.05, 4.69) is 63.0 Å². The number of carbonyl (C=O) groups excluding carboxylic acids is 1. The molecule has 14 heteroatoms. The highest BCUT2D eigenvalue weighted by Gasteiger charge is 2.34. The standard InChI is InChI=1S/C43H50N10O4/c1-48-19-21-50(22-20-48)35-11-9-34(10-12-35)49(2)43(54)53-18-17-38-39(46-42(47-40(38)53)51-23-25-57-26-24-51)33-27-44-41(45-28-33)52(29-31-5-13-36(55-3)14-6-31)30-32-7-15-37(56-4)16-8-32/h5-16,27-28H,17-26,29-30H2,1-4H3. The normalized spacial score (nSPS) is 15.7. The fourth-order valence-corrected chi connectivity index (χ4v) is 7.52. The first-order valence-corrected chi connectivity index (χ1v) is 19.5. The molecule has 3 aromatic carbocycles. The number of anilines is 5. The molecule has 3 aliphatic rings. The van der Waals surface area contributed by atoms with E-state index in [4.69, 9.17) is 34.1 Å². The van der Waals surface area contributed by atoms with Gasteiger partial charge in [-0.1, -0.05) is 24.3 Å². The van der Waals surface area contributed by atoms with Crippen molar-refractivity contribution in [2.45, 2.75) is 19.5 Å². The maximum atomic E-state index is 14.3. The molecule has 296 valence electrons. The minimum absolute atomic E-state index is 0.141. The van der Waals surface area contributed by atoms with E-state index in [0.717, 1.165) is 71.3 Å². The van der Waals surface area contributed by atoms with Gasteiger partial charge in [-0.3, -0.25) is 9.80 Å². The number of carbonyl (C=O) groups is 1. The van der Waals surface area contributed by atoms with Crippen LogP contribution in [-0.2, 0) is 24.2 Å². The number of likely N-dealkylation sites (N-methyl/N-ethyl adjacent to an activating group) is 1. The number of fused-ring (bicyclic) bond motifs is 1. The van der Waals surface area contributed by atoms with Gasteiger partial charge in [-0.2, -0.15) is 4.98 Å². The van der Waals surface area contributed by atoms with Crippen LogP contribution in [0.3, 0.4) is 0 Å². The summed E-state index contributed by atoms with van der Waals surface area (Å²) in [6.07, 6.45) is 4.28. The van der Waals surface area contributed by atoms with Crippen LogP contribution in [-0.4, -0.2) is 118 Å². The van der Waals surface area contributed by atoms with E-state index in [1.807, 2.05) is 55.8 Å². The minimum Gasteiger partial charge on any atom is -0.497 e. The highest BCUT2D eigenvalue weighted by molar-refractivity contribution is 6.04. The summed E-state index contributed by atoms with van der Waals surface area (Å²) >= 11 is 0. The molecule has 0 unspecified atom stereocenters. The van der Waals surface area contributed by atoms with E-state index in [1.165, 1.54) is 5.69 Å². The van der Waals surface area contributed by atoms with Crippen LogP contribution in [0.4, 0.5) is 33.9 Å². The number of morpholine rings is 1. The number of hydrogen-bond acceptors (Lipinski definition) is 12. The first-order chi connectivity index (χ1) is 27.9. The van der Waals surface area contributed by atoms with Crippen LogP contribution < -0.4 is 34.0 Å². The van der Waals surface area contributed by atoms with Crippen LogP contribution in [0.5, 0.6) is 11.5 Å². The molecule has 0 N–H and O–H groups in total. The molecule has 0 bridgehead atoms. The predicted molar refractivity (Wildman–Crippen MR) is 223 cm³/mol. The van der Waals surface area contributed by atoms with Crippen molar-refractivity contribution in [3.8, 4) is 22.8 Å². The zero-order valence-corrected chi connectivity index (χ0v) is 33.2.